The Balaban J connectivity index is 1.97. The van der Waals surface area contributed by atoms with E-state index in [9.17, 15) is 9.59 Å². The van der Waals surface area contributed by atoms with Crippen LogP contribution in [0.4, 0.5) is 4.79 Å². The van der Waals surface area contributed by atoms with Gasteiger partial charge in [0, 0.05) is 6.07 Å². The third-order valence-corrected chi connectivity index (χ3v) is 3.64. The number of carbonyl (C=O) groups is 2. The summed E-state index contributed by atoms with van der Waals surface area (Å²) >= 11 is 6.06. The molecule has 3 amide bonds. The summed E-state index contributed by atoms with van der Waals surface area (Å²) in [5.74, 6) is 0.496. The van der Waals surface area contributed by atoms with Crippen molar-refractivity contribution >= 4 is 23.5 Å². The van der Waals surface area contributed by atoms with Gasteiger partial charge >= 0.3 is 6.03 Å². The van der Waals surface area contributed by atoms with Gasteiger partial charge in [0.25, 0.3) is 5.91 Å². The molecule has 0 bridgehead atoms. The number of ether oxygens (including phenoxy) is 2. The van der Waals surface area contributed by atoms with Crippen LogP contribution in [0.2, 0.25) is 5.02 Å². The maximum absolute atomic E-state index is 12.3. The standard InChI is InChI=1S/C16H19ClN4O4/c1-8(7-25-12-6-10(24-3)4-5-11(12)17)19-15(22)14-13(18)9(2)20-16(23)21-14/h4-6,8H,2,7,18H2,1,3H3,(H,19,22)(H2,20,21,23)/t8-/m1/s1. The van der Waals surface area contributed by atoms with Crippen LogP contribution in [0, 0.1) is 0 Å². The highest BCUT2D eigenvalue weighted by molar-refractivity contribution is 6.32. The lowest BCUT2D eigenvalue weighted by Crippen LogP contribution is -2.49. The van der Waals surface area contributed by atoms with E-state index in [1.54, 1.807) is 25.1 Å². The summed E-state index contributed by atoms with van der Waals surface area (Å²) in [4.78, 5) is 23.7. The number of hydrogen-bond acceptors (Lipinski definition) is 5. The maximum Gasteiger partial charge on any atom is 0.323 e. The van der Waals surface area contributed by atoms with Crippen molar-refractivity contribution in [3.05, 3.63) is 46.9 Å². The van der Waals surface area contributed by atoms with Crippen LogP contribution >= 0.6 is 11.6 Å². The minimum atomic E-state index is -0.573. The molecule has 1 aromatic rings. The van der Waals surface area contributed by atoms with E-state index in [1.165, 1.54) is 7.11 Å². The summed E-state index contributed by atoms with van der Waals surface area (Å²) < 4.78 is 10.7. The average molecular weight is 367 g/mol. The molecule has 8 nitrogen and oxygen atoms in total. The summed E-state index contributed by atoms with van der Waals surface area (Å²) in [7, 11) is 1.54. The molecular weight excluding hydrogens is 348 g/mol. The van der Waals surface area contributed by atoms with E-state index in [2.05, 4.69) is 22.5 Å². The van der Waals surface area contributed by atoms with Crippen LogP contribution in [0.15, 0.2) is 41.9 Å². The zero-order valence-electron chi connectivity index (χ0n) is 13.8. The summed E-state index contributed by atoms with van der Waals surface area (Å²) in [6.07, 6.45) is 0. The Morgan fingerprint density at radius 3 is 2.84 bits per heavy atom. The van der Waals surface area contributed by atoms with E-state index < -0.39 is 11.9 Å². The Morgan fingerprint density at radius 1 is 1.44 bits per heavy atom. The van der Waals surface area contributed by atoms with Crippen LogP contribution in [0.1, 0.15) is 6.92 Å². The molecule has 1 aliphatic rings. The smallest absolute Gasteiger partial charge is 0.323 e. The number of nitrogens with two attached hydrogens (primary N) is 1. The molecule has 5 N–H and O–H groups in total. The third kappa shape index (κ3) is 4.57. The Kier molecular flexibility index (Phi) is 5.76. The first-order chi connectivity index (χ1) is 11.8. The van der Waals surface area contributed by atoms with Gasteiger partial charge in [-0.25, -0.2) is 4.79 Å². The highest BCUT2D eigenvalue weighted by Gasteiger charge is 2.24. The van der Waals surface area contributed by atoms with Crippen molar-refractivity contribution in [3.8, 4) is 11.5 Å². The van der Waals surface area contributed by atoms with E-state index in [-0.39, 0.29) is 29.7 Å². The highest BCUT2D eigenvalue weighted by Crippen LogP contribution is 2.28. The minimum Gasteiger partial charge on any atom is -0.497 e. The molecule has 1 atom stereocenters. The number of halogens is 1. The lowest BCUT2D eigenvalue weighted by Gasteiger charge is -2.22. The molecule has 0 unspecified atom stereocenters. The lowest BCUT2D eigenvalue weighted by atomic mass is 10.2. The molecular formula is C16H19ClN4O4. The minimum absolute atomic E-state index is 0.0555. The zero-order chi connectivity index (χ0) is 18.6. The monoisotopic (exact) mass is 366 g/mol. The molecule has 1 aliphatic heterocycles. The number of rotatable bonds is 6. The van der Waals surface area contributed by atoms with Crippen molar-refractivity contribution < 1.29 is 19.1 Å². The normalized spacial score (nSPS) is 15.2. The molecule has 0 aromatic heterocycles. The van der Waals surface area contributed by atoms with Crippen LogP contribution < -0.4 is 31.2 Å². The SMILES string of the molecule is C=C1NC(=O)NC(C(=O)N[C@H](C)COc2cc(OC)ccc2Cl)=C1N. The molecule has 1 heterocycles. The predicted octanol–water partition coefficient (Wildman–Crippen LogP) is 1.23. The van der Waals surface area contributed by atoms with E-state index in [0.29, 0.717) is 16.5 Å². The number of benzene rings is 1. The fraction of sp³-hybridized carbons (Fsp3) is 0.250. The van der Waals surface area contributed by atoms with Crippen molar-refractivity contribution in [1.82, 2.24) is 16.0 Å². The Hall–Kier alpha value is -2.87. The van der Waals surface area contributed by atoms with Crippen molar-refractivity contribution in [1.29, 1.82) is 0 Å². The van der Waals surface area contributed by atoms with Crippen molar-refractivity contribution in [3.63, 3.8) is 0 Å². The molecule has 0 fully saturated rings. The fourth-order valence-electron chi connectivity index (χ4n) is 2.02. The van der Waals surface area contributed by atoms with Gasteiger partial charge in [-0.05, 0) is 19.1 Å². The Morgan fingerprint density at radius 2 is 2.16 bits per heavy atom. The maximum atomic E-state index is 12.3. The van der Waals surface area contributed by atoms with Crippen LogP contribution in [-0.2, 0) is 4.79 Å². The molecule has 9 heteroatoms. The van der Waals surface area contributed by atoms with Crippen LogP contribution in [0.5, 0.6) is 11.5 Å². The van der Waals surface area contributed by atoms with Crippen LogP contribution in [-0.4, -0.2) is 31.7 Å². The molecule has 25 heavy (non-hydrogen) atoms. The van der Waals surface area contributed by atoms with Gasteiger partial charge in [-0.15, -0.1) is 0 Å². The van der Waals surface area contributed by atoms with Crippen molar-refractivity contribution in [2.75, 3.05) is 13.7 Å². The van der Waals surface area contributed by atoms with Crippen LogP contribution in [0.3, 0.4) is 0 Å². The van der Waals surface area contributed by atoms with Gasteiger partial charge in [0.1, 0.15) is 23.8 Å². The third-order valence-electron chi connectivity index (χ3n) is 3.33. The summed E-state index contributed by atoms with van der Waals surface area (Å²) in [6.45, 7) is 5.46. The van der Waals surface area contributed by atoms with E-state index >= 15 is 0 Å². The molecule has 0 aliphatic carbocycles. The first-order valence-corrected chi connectivity index (χ1v) is 7.73. The van der Waals surface area contributed by atoms with Gasteiger partial charge in [-0.3, -0.25) is 4.79 Å². The average Bonchev–Trinajstić information content (AvgIpc) is 2.57. The van der Waals surface area contributed by atoms with Gasteiger partial charge in [0.2, 0.25) is 0 Å². The molecule has 2 rings (SSSR count). The quantitative estimate of drug-likeness (QED) is 0.604. The first kappa shape index (κ1) is 18.5. The van der Waals surface area contributed by atoms with Gasteiger partial charge < -0.3 is 31.2 Å². The fourth-order valence-corrected chi connectivity index (χ4v) is 2.19. The number of amides is 3. The largest absolute Gasteiger partial charge is 0.497 e. The Labute approximate surface area is 150 Å². The van der Waals surface area contributed by atoms with Gasteiger partial charge in [-0.2, -0.15) is 0 Å². The summed E-state index contributed by atoms with van der Waals surface area (Å²) in [5, 5.41) is 7.83. The van der Waals surface area contributed by atoms with Gasteiger partial charge in [-0.1, -0.05) is 18.2 Å². The topological polar surface area (TPSA) is 115 Å². The molecule has 0 radical (unpaired) electrons. The molecule has 0 spiro atoms. The molecule has 0 saturated carbocycles. The highest BCUT2D eigenvalue weighted by atomic mass is 35.5. The lowest BCUT2D eigenvalue weighted by molar-refractivity contribution is -0.118. The first-order valence-electron chi connectivity index (χ1n) is 7.36. The molecule has 134 valence electrons. The predicted molar refractivity (Wildman–Crippen MR) is 93.1 cm³/mol. The van der Waals surface area contributed by atoms with E-state index in [1.807, 2.05) is 0 Å². The summed E-state index contributed by atoms with van der Waals surface area (Å²) in [5.41, 5.74) is 5.94. The second-order valence-corrected chi connectivity index (χ2v) is 5.74. The summed E-state index contributed by atoms with van der Waals surface area (Å²) in [6, 6.07) is 4.06. The number of hydrogen-bond donors (Lipinski definition) is 4. The number of methoxy groups -OCH3 is 1. The number of nitrogens with one attached hydrogen (secondary N) is 3. The van der Waals surface area contributed by atoms with Crippen molar-refractivity contribution in [2.45, 2.75) is 13.0 Å². The zero-order valence-corrected chi connectivity index (χ0v) is 14.6. The second-order valence-electron chi connectivity index (χ2n) is 5.33. The van der Waals surface area contributed by atoms with Crippen molar-refractivity contribution in [2.24, 2.45) is 5.73 Å². The molecule has 0 saturated heterocycles. The van der Waals surface area contributed by atoms with Gasteiger partial charge in [0.15, 0.2) is 0 Å². The van der Waals surface area contributed by atoms with Gasteiger partial charge in [0.05, 0.1) is 29.6 Å². The molecule has 1 aromatic carbocycles. The van der Waals surface area contributed by atoms with E-state index in [4.69, 9.17) is 26.8 Å². The van der Waals surface area contributed by atoms with E-state index in [0.717, 1.165) is 0 Å². The van der Waals surface area contributed by atoms with Crippen LogP contribution in [0.25, 0.3) is 0 Å². The number of carbonyl (C=O) groups excluding carboxylic acids is 2. The second kappa shape index (κ2) is 7.80. The Bertz CT molecular complexity index is 748. The number of urea groups is 1.